The lowest BCUT2D eigenvalue weighted by atomic mass is 9.97. The Morgan fingerprint density at radius 2 is 2.04 bits per heavy atom. The van der Waals surface area contributed by atoms with Gasteiger partial charge in [0.1, 0.15) is 0 Å². The number of carbonyl (C=O) groups is 1. The number of carbonyl (C=O) groups excluding carboxylic acids is 1. The van der Waals surface area contributed by atoms with Crippen LogP contribution in [-0.2, 0) is 4.79 Å². The molecule has 0 aliphatic carbocycles. The molecule has 1 saturated heterocycles. The molecule has 23 heavy (non-hydrogen) atoms. The maximum absolute atomic E-state index is 12.5. The highest BCUT2D eigenvalue weighted by molar-refractivity contribution is 5.94. The van der Waals surface area contributed by atoms with Crippen molar-refractivity contribution in [1.29, 1.82) is 0 Å². The fourth-order valence-electron chi connectivity index (χ4n) is 3.03. The third-order valence-corrected chi connectivity index (χ3v) is 4.54. The SMILES string of the molecule is CC1CCCC(CO)N1CC(=O)N(C)c1ccc([N+](=O)[O-])cc1. The zero-order valence-electron chi connectivity index (χ0n) is 13.5. The maximum atomic E-state index is 12.5. The summed E-state index contributed by atoms with van der Waals surface area (Å²) in [6.07, 6.45) is 2.98. The van der Waals surface area contributed by atoms with Crippen molar-refractivity contribution in [2.24, 2.45) is 0 Å². The highest BCUT2D eigenvalue weighted by Gasteiger charge is 2.29. The number of non-ortho nitro benzene ring substituents is 1. The van der Waals surface area contributed by atoms with Crippen LogP contribution in [0.1, 0.15) is 26.2 Å². The second kappa shape index (κ2) is 7.52. The van der Waals surface area contributed by atoms with Gasteiger partial charge in [-0.2, -0.15) is 0 Å². The number of rotatable bonds is 5. The molecule has 1 fully saturated rings. The Morgan fingerprint density at radius 3 is 2.61 bits per heavy atom. The van der Waals surface area contributed by atoms with Crippen molar-refractivity contribution in [2.75, 3.05) is 25.1 Å². The Hall–Kier alpha value is -1.99. The molecule has 126 valence electrons. The van der Waals surface area contributed by atoms with Crippen molar-refractivity contribution in [3.8, 4) is 0 Å². The summed E-state index contributed by atoms with van der Waals surface area (Å²) < 4.78 is 0. The van der Waals surface area contributed by atoms with Gasteiger partial charge in [-0.15, -0.1) is 0 Å². The van der Waals surface area contributed by atoms with E-state index in [0.29, 0.717) is 5.69 Å². The molecule has 0 spiro atoms. The second-order valence-corrected chi connectivity index (χ2v) is 6.01. The van der Waals surface area contributed by atoms with E-state index in [1.54, 1.807) is 19.2 Å². The topological polar surface area (TPSA) is 86.9 Å². The number of hydrogen-bond donors (Lipinski definition) is 1. The third-order valence-electron chi connectivity index (χ3n) is 4.54. The molecule has 2 unspecified atom stereocenters. The number of piperidine rings is 1. The molecule has 2 atom stereocenters. The summed E-state index contributed by atoms with van der Waals surface area (Å²) in [7, 11) is 1.66. The van der Waals surface area contributed by atoms with Gasteiger partial charge in [0.25, 0.3) is 5.69 Å². The van der Waals surface area contributed by atoms with Crippen LogP contribution in [0.2, 0.25) is 0 Å². The average Bonchev–Trinajstić information content (AvgIpc) is 2.55. The summed E-state index contributed by atoms with van der Waals surface area (Å²) in [6, 6.07) is 6.19. The van der Waals surface area contributed by atoms with Crippen molar-refractivity contribution in [2.45, 2.75) is 38.3 Å². The minimum absolute atomic E-state index is 0.000374. The van der Waals surface area contributed by atoms with Crippen molar-refractivity contribution < 1.29 is 14.8 Å². The molecular weight excluding hydrogens is 298 g/mol. The first-order chi connectivity index (χ1) is 10.9. The normalized spacial score (nSPS) is 21.9. The smallest absolute Gasteiger partial charge is 0.269 e. The van der Waals surface area contributed by atoms with Gasteiger partial charge in [-0.1, -0.05) is 6.42 Å². The third kappa shape index (κ3) is 4.05. The first-order valence-corrected chi connectivity index (χ1v) is 7.81. The predicted molar refractivity (Wildman–Crippen MR) is 87.4 cm³/mol. The summed E-state index contributed by atoms with van der Waals surface area (Å²) >= 11 is 0. The zero-order valence-corrected chi connectivity index (χ0v) is 13.5. The van der Waals surface area contributed by atoms with Crippen LogP contribution in [0.5, 0.6) is 0 Å². The van der Waals surface area contributed by atoms with Crippen LogP contribution in [0.25, 0.3) is 0 Å². The second-order valence-electron chi connectivity index (χ2n) is 6.01. The largest absolute Gasteiger partial charge is 0.395 e. The molecule has 1 aromatic rings. The standard InChI is InChI=1S/C16H23N3O4/c1-12-4-3-5-15(11-20)18(12)10-16(21)17(2)13-6-8-14(9-7-13)19(22)23/h6-9,12,15,20H,3-5,10-11H2,1-2H3. The quantitative estimate of drug-likeness (QED) is 0.660. The monoisotopic (exact) mass is 321 g/mol. The van der Waals surface area contributed by atoms with Crippen LogP contribution in [0, 0.1) is 10.1 Å². The van der Waals surface area contributed by atoms with E-state index in [9.17, 15) is 20.0 Å². The molecule has 1 amide bonds. The maximum Gasteiger partial charge on any atom is 0.269 e. The number of nitrogens with zero attached hydrogens (tertiary/aromatic N) is 3. The molecule has 7 heteroatoms. The lowest BCUT2D eigenvalue weighted by Crippen LogP contribution is -2.51. The van der Waals surface area contributed by atoms with E-state index < -0.39 is 4.92 Å². The number of anilines is 1. The fraction of sp³-hybridized carbons (Fsp3) is 0.562. The molecule has 7 nitrogen and oxygen atoms in total. The van der Waals surface area contributed by atoms with Crippen molar-refractivity contribution in [1.82, 2.24) is 4.90 Å². The lowest BCUT2D eigenvalue weighted by Gasteiger charge is -2.40. The van der Waals surface area contributed by atoms with Gasteiger partial charge in [0, 0.05) is 37.0 Å². The van der Waals surface area contributed by atoms with E-state index in [4.69, 9.17) is 0 Å². The number of hydrogen-bond acceptors (Lipinski definition) is 5. The van der Waals surface area contributed by atoms with Gasteiger partial charge >= 0.3 is 0 Å². The van der Waals surface area contributed by atoms with E-state index in [0.717, 1.165) is 19.3 Å². The van der Waals surface area contributed by atoms with Crippen LogP contribution in [0.3, 0.4) is 0 Å². The van der Waals surface area contributed by atoms with E-state index >= 15 is 0 Å². The van der Waals surface area contributed by atoms with Crippen molar-refractivity contribution in [3.05, 3.63) is 34.4 Å². The molecule has 1 aliphatic heterocycles. The van der Waals surface area contributed by atoms with E-state index in [2.05, 4.69) is 6.92 Å². The number of aliphatic hydroxyl groups is 1. The van der Waals surface area contributed by atoms with Crippen LogP contribution in [0.15, 0.2) is 24.3 Å². The molecule has 1 aliphatic rings. The van der Waals surface area contributed by atoms with Crippen LogP contribution in [-0.4, -0.2) is 53.1 Å². The number of nitro benzene ring substituents is 1. The van der Waals surface area contributed by atoms with Gasteiger partial charge in [-0.25, -0.2) is 0 Å². The molecular formula is C16H23N3O4. The van der Waals surface area contributed by atoms with Gasteiger partial charge < -0.3 is 10.0 Å². The van der Waals surface area contributed by atoms with Crippen molar-refractivity contribution >= 4 is 17.3 Å². The van der Waals surface area contributed by atoms with Crippen molar-refractivity contribution in [3.63, 3.8) is 0 Å². The first kappa shape index (κ1) is 17.4. The van der Waals surface area contributed by atoms with E-state index in [-0.39, 0.29) is 36.8 Å². The number of amides is 1. The molecule has 1 aromatic carbocycles. The number of aliphatic hydroxyl groups excluding tert-OH is 1. The first-order valence-electron chi connectivity index (χ1n) is 7.81. The predicted octanol–water partition coefficient (Wildman–Crippen LogP) is 1.79. The Morgan fingerprint density at radius 1 is 1.39 bits per heavy atom. The lowest BCUT2D eigenvalue weighted by molar-refractivity contribution is -0.384. The number of benzene rings is 1. The fourth-order valence-corrected chi connectivity index (χ4v) is 3.03. The molecule has 2 rings (SSSR count). The Balaban J connectivity index is 2.05. The molecule has 0 aromatic heterocycles. The Bertz CT molecular complexity index is 561. The van der Waals surface area contributed by atoms with Gasteiger partial charge in [0.15, 0.2) is 0 Å². The van der Waals surface area contributed by atoms with Crippen LogP contribution >= 0.6 is 0 Å². The highest BCUT2D eigenvalue weighted by Crippen LogP contribution is 2.23. The van der Waals surface area contributed by atoms with E-state index in [1.165, 1.54) is 17.0 Å². The summed E-state index contributed by atoms with van der Waals surface area (Å²) in [5.74, 6) is -0.0916. The minimum Gasteiger partial charge on any atom is -0.395 e. The van der Waals surface area contributed by atoms with E-state index in [1.807, 2.05) is 4.90 Å². The van der Waals surface area contributed by atoms with Crippen LogP contribution < -0.4 is 4.90 Å². The number of likely N-dealkylation sites (tertiary alicyclic amines) is 1. The zero-order chi connectivity index (χ0) is 17.0. The highest BCUT2D eigenvalue weighted by atomic mass is 16.6. The summed E-state index contributed by atoms with van der Waals surface area (Å²) in [6.45, 7) is 2.36. The minimum atomic E-state index is -0.465. The van der Waals surface area contributed by atoms with Crippen LogP contribution in [0.4, 0.5) is 11.4 Å². The Labute approximate surface area is 135 Å². The molecule has 1 N–H and O–H groups in total. The Kier molecular flexibility index (Phi) is 5.68. The van der Waals surface area contributed by atoms with Gasteiger partial charge in [0.05, 0.1) is 18.1 Å². The van der Waals surface area contributed by atoms with Gasteiger partial charge in [0.2, 0.25) is 5.91 Å². The molecule has 1 heterocycles. The number of likely N-dealkylation sites (N-methyl/N-ethyl adjacent to an activating group) is 1. The number of nitro groups is 1. The van der Waals surface area contributed by atoms with Gasteiger partial charge in [-0.3, -0.25) is 19.8 Å². The molecule has 0 radical (unpaired) electrons. The summed E-state index contributed by atoms with van der Waals surface area (Å²) in [4.78, 5) is 26.3. The average molecular weight is 321 g/mol. The summed E-state index contributed by atoms with van der Waals surface area (Å²) in [5.41, 5.74) is 0.616. The van der Waals surface area contributed by atoms with Gasteiger partial charge in [-0.05, 0) is 31.9 Å². The molecule has 0 bridgehead atoms. The molecule has 0 saturated carbocycles. The summed E-state index contributed by atoms with van der Waals surface area (Å²) in [5, 5.41) is 20.2.